The van der Waals surface area contributed by atoms with Crippen molar-refractivity contribution in [1.82, 2.24) is 10.4 Å². The number of benzene rings is 1. The van der Waals surface area contributed by atoms with Crippen LogP contribution in [0.25, 0.3) is 0 Å². The van der Waals surface area contributed by atoms with Crippen molar-refractivity contribution in [1.29, 1.82) is 0 Å². The Morgan fingerprint density at radius 1 is 1.45 bits per heavy atom. The normalized spacial score (nSPS) is 10.7. The van der Waals surface area contributed by atoms with E-state index >= 15 is 0 Å². The summed E-state index contributed by atoms with van der Waals surface area (Å²) in [6.45, 7) is 0. The number of hydrazone groups is 1. The van der Waals surface area contributed by atoms with Crippen molar-refractivity contribution >= 4 is 44.0 Å². The fourth-order valence-electron chi connectivity index (χ4n) is 1.60. The molecule has 0 atom stereocenters. The summed E-state index contributed by atoms with van der Waals surface area (Å²) in [5, 5.41) is 13.9. The number of phenolic OH excluding ortho intramolecular Hbond substituents is 1. The van der Waals surface area contributed by atoms with Gasteiger partial charge in [-0.1, -0.05) is 6.07 Å². The lowest BCUT2D eigenvalue weighted by molar-refractivity contribution is 0.0950. The molecular formula is C14H11Br2N3O3. The Morgan fingerprint density at radius 2 is 2.23 bits per heavy atom. The highest BCUT2D eigenvalue weighted by Gasteiger charge is 2.14. The van der Waals surface area contributed by atoms with Crippen LogP contribution in [0.4, 0.5) is 0 Å². The molecule has 1 heterocycles. The molecular weight excluding hydrogens is 418 g/mol. The van der Waals surface area contributed by atoms with E-state index in [4.69, 9.17) is 4.74 Å². The molecule has 0 radical (unpaired) electrons. The monoisotopic (exact) mass is 427 g/mol. The number of hydrogen-bond donors (Lipinski definition) is 2. The molecule has 0 bridgehead atoms. The molecule has 2 N–H and O–H groups in total. The summed E-state index contributed by atoms with van der Waals surface area (Å²) >= 11 is 6.66. The SMILES string of the molecule is COc1cc(Br)c(Br)c(/C=N\NC(=O)c2ccccn2)c1O. The Kier molecular flexibility index (Phi) is 5.51. The zero-order valence-corrected chi connectivity index (χ0v) is 14.6. The minimum atomic E-state index is -0.450. The van der Waals surface area contributed by atoms with E-state index in [2.05, 4.69) is 47.4 Å². The van der Waals surface area contributed by atoms with Crippen LogP contribution in [-0.2, 0) is 0 Å². The highest BCUT2D eigenvalue weighted by atomic mass is 79.9. The molecule has 114 valence electrons. The Labute approximate surface area is 143 Å². The van der Waals surface area contributed by atoms with E-state index in [1.807, 2.05) is 0 Å². The Balaban J connectivity index is 2.20. The first kappa shape index (κ1) is 16.4. The number of aromatic nitrogens is 1. The quantitative estimate of drug-likeness (QED) is 0.578. The smallest absolute Gasteiger partial charge is 0.289 e. The third-order valence-corrected chi connectivity index (χ3v) is 4.68. The van der Waals surface area contributed by atoms with Crippen LogP contribution in [0, 0.1) is 0 Å². The molecule has 1 amide bonds. The molecule has 2 aromatic rings. The summed E-state index contributed by atoms with van der Waals surface area (Å²) in [7, 11) is 1.44. The van der Waals surface area contributed by atoms with Crippen molar-refractivity contribution in [3.8, 4) is 11.5 Å². The number of pyridine rings is 1. The summed E-state index contributed by atoms with van der Waals surface area (Å²) in [5.74, 6) is -0.254. The molecule has 0 aliphatic heterocycles. The van der Waals surface area contributed by atoms with Crippen molar-refractivity contribution in [3.05, 3.63) is 50.7 Å². The van der Waals surface area contributed by atoms with Crippen LogP contribution in [-0.4, -0.2) is 29.3 Å². The largest absolute Gasteiger partial charge is 0.504 e. The number of carbonyl (C=O) groups excluding carboxylic acids is 1. The topological polar surface area (TPSA) is 83.8 Å². The summed E-state index contributed by atoms with van der Waals surface area (Å²) in [6.07, 6.45) is 2.83. The number of halogens is 2. The second-order valence-corrected chi connectivity index (χ2v) is 5.70. The van der Waals surface area contributed by atoms with Crippen LogP contribution in [0.2, 0.25) is 0 Å². The summed E-state index contributed by atoms with van der Waals surface area (Å²) in [4.78, 5) is 15.7. The van der Waals surface area contributed by atoms with E-state index in [0.29, 0.717) is 14.5 Å². The van der Waals surface area contributed by atoms with Gasteiger partial charge in [-0.15, -0.1) is 0 Å². The molecule has 0 fully saturated rings. The van der Waals surface area contributed by atoms with Crippen LogP contribution in [0.5, 0.6) is 11.5 Å². The van der Waals surface area contributed by atoms with Crippen molar-refractivity contribution in [2.75, 3.05) is 7.11 Å². The molecule has 1 aromatic carbocycles. The predicted octanol–water partition coefficient (Wildman–Crippen LogP) is 3.08. The number of phenols is 1. The van der Waals surface area contributed by atoms with E-state index in [0.717, 1.165) is 0 Å². The van der Waals surface area contributed by atoms with Gasteiger partial charge in [-0.3, -0.25) is 9.78 Å². The van der Waals surface area contributed by atoms with E-state index in [1.165, 1.54) is 19.5 Å². The number of rotatable bonds is 4. The first-order valence-electron chi connectivity index (χ1n) is 6.04. The average molecular weight is 429 g/mol. The van der Waals surface area contributed by atoms with Crippen molar-refractivity contribution < 1.29 is 14.6 Å². The number of nitrogens with one attached hydrogen (secondary N) is 1. The van der Waals surface area contributed by atoms with E-state index < -0.39 is 5.91 Å². The number of ether oxygens (including phenoxy) is 1. The molecule has 0 aliphatic rings. The maximum absolute atomic E-state index is 11.8. The Hall–Kier alpha value is -1.93. The molecule has 6 nitrogen and oxygen atoms in total. The molecule has 0 spiro atoms. The minimum absolute atomic E-state index is 0.0894. The highest BCUT2D eigenvalue weighted by Crippen LogP contribution is 2.39. The van der Waals surface area contributed by atoms with Crippen LogP contribution in [0.3, 0.4) is 0 Å². The second-order valence-electron chi connectivity index (χ2n) is 4.05. The lowest BCUT2D eigenvalue weighted by Gasteiger charge is -2.09. The van der Waals surface area contributed by atoms with Crippen LogP contribution in [0.1, 0.15) is 16.1 Å². The molecule has 1 aromatic heterocycles. The number of nitrogens with zero attached hydrogens (tertiary/aromatic N) is 2. The summed E-state index contributed by atoms with van der Waals surface area (Å²) < 4.78 is 6.32. The van der Waals surface area contributed by atoms with E-state index in [-0.39, 0.29) is 17.2 Å². The number of carbonyl (C=O) groups is 1. The third-order valence-electron chi connectivity index (χ3n) is 2.67. The van der Waals surface area contributed by atoms with Gasteiger partial charge < -0.3 is 9.84 Å². The summed E-state index contributed by atoms with van der Waals surface area (Å²) in [6, 6.07) is 6.60. The number of amides is 1. The molecule has 0 saturated heterocycles. The fraction of sp³-hybridized carbons (Fsp3) is 0.0714. The van der Waals surface area contributed by atoms with Gasteiger partial charge in [-0.2, -0.15) is 5.10 Å². The zero-order valence-electron chi connectivity index (χ0n) is 11.4. The number of aromatic hydroxyl groups is 1. The average Bonchev–Trinajstić information content (AvgIpc) is 2.54. The van der Waals surface area contributed by atoms with Crippen molar-refractivity contribution in [3.63, 3.8) is 0 Å². The van der Waals surface area contributed by atoms with Gasteiger partial charge in [0.2, 0.25) is 0 Å². The lowest BCUT2D eigenvalue weighted by Crippen LogP contribution is -2.18. The molecule has 22 heavy (non-hydrogen) atoms. The molecule has 8 heteroatoms. The molecule has 0 unspecified atom stereocenters. The van der Waals surface area contributed by atoms with E-state index in [9.17, 15) is 9.90 Å². The highest BCUT2D eigenvalue weighted by molar-refractivity contribution is 9.13. The first-order chi connectivity index (χ1) is 10.5. The van der Waals surface area contributed by atoms with E-state index in [1.54, 1.807) is 24.3 Å². The molecule has 0 aliphatic carbocycles. The van der Waals surface area contributed by atoms with Gasteiger partial charge in [0, 0.05) is 15.1 Å². The third kappa shape index (κ3) is 3.63. The van der Waals surface area contributed by atoms with Gasteiger partial charge in [0.05, 0.1) is 18.9 Å². The fourth-order valence-corrected chi connectivity index (χ4v) is 2.42. The number of methoxy groups -OCH3 is 1. The van der Waals surface area contributed by atoms with Crippen LogP contribution >= 0.6 is 31.9 Å². The maximum atomic E-state index is 11.8. The number of hydrogen-bond acceptors (Lipinski definition) is 5. The summed E-state index contributed by atoms with van der Waals surface area (Å²) in [5.41, 5.74) is 2.95. The predicted molar refractivity (Wildman–Crippen MR) is 89.4 cm³/mol. The Morgan fingerprint density at radius 3 is 2.86 bits per heavy atom. The Bertz CT molecular complexity index is 721. The van der Waals surface area contributed by atoms with Gasteiger partial charge in [0.25, 0.3) is 5.91 Å². The van der Waals surface area contributed by atoms with Gasteiger partial charge in [-0.25, -0.2) is 5.43 Å². The van der Waals surface area contributed by atoms with Gasteiger partial charge in [0.15, 0.2) is 11.5 Å². The van der Waals surface area contributed by atoms with Crippen LogP contribution < -0.4 is 10.2 Å². The van der Waals surface area contributed by atoms with Crippen molar-refractivity contribution in [2.45, 2.75) is 0 Å². The standard InChI is InChI=1S/C14H11Br2N3O3/c1-22-11-6-9(15)12(16)8(13(11)20)7-18-19-14(21)10-4-2-3-5-17-10/h2-7,20H,1H3,(H,19,21)/b18-7-. The van der Waals surface area contributed by atoms with Crippen LogP contribution in [0.15, 0.2) is 44.5 Å². The lowest BCUT2D eigenvalue weighted by atomic mass is 10.2. The zero-order chi connectivity index (χ0) is 16.1. The van der Waals surface area contributed by atoms with Crippen molar-refractivity contribution in [2.24, 2.45) is 5.10 Å². The minimum Gasteiger partial charge on any atom is -0.504 e. The van der Waals surface area contributed by atoms with Gasteiger partial charge in [0.1, 0.15) is 5.69 Å². The van der Waals surface area contributed by atoms with Gasteiger partial charge >= 0.3 is 0 Å². The first-order valence-corrected chi connectivity index (χ1v) is 7.62. The molecule has 0 saturated carbocycles. The molecule has 2 rings (SSSR count). The van der Waals surface area contributed by atoms with Gasteiger partial charge in [-0.05, 0) is 50.1 Å². The maximum Gasteiger partial charge on any atom is 0.289 e. The second kappa shape index (κ2) is 7.37.